The summed E-state index contributed by atoms with van der Waals surface area (Å²) in [5.41, 5.74) is 10.5. The number of nitrogens with one attached hydrogen (secondary N) is 1. The van der Waals surface area contributed by atoms with Crippen molar-refractivity contribution >= 4 is 23.0 Å². The van der Waals surface area contributed by atoms with Gasteiger partial charge >= 0.3 is 0 Å². The van der Waals surface area contributed by atoms with Crippen LogP contribution in [0.4, 0.5) is 0 Å². The Bertz CT molecular complexity index is 444. The Kier molecular flexibility index (Phi) is 4.28. The Morgan fingerprint density at radius 1 is 1.50 bits per heavy atom. The molecular weight excluding hydrogens is 244 g/mol. The summed E-state index contributed by atoms with van der Waals surface area (Å²) in [7, 11) is 0. The van der Waals surface area contributed by atoms with Gasteiger partial charge in [-0.3, -0.25) is 10.3 Å². The number of hydrazone groups is 1. The van der Waals surface area contributed by atoms with E-state index < -0.39 is 0 Å². The molecule has 96 valence electrons. The quantitative estimate of drug-likeness (QED) is 0.640. The number of rotatable bonds is 3. The molecule has 1 saturated heterocycles. The van der Waals surface area contributed by atoms with Gasteiger partial charge in [-0.1, -0.05) is 30.3 Å². The summed E-state index contributed by atoms with van der Waals surface area (Å²) in [5.74, 6) is 0. The third kappa shape index (κ3) is 3.51. The van der Waals surface area contributed by atoms with E-state index in [1.165, 1.54) is 5.56 Å². The summed E-state index contributed by atoms with van der Waals surface area (Å²) in [6.07, 6.45) is 0.961. The fraction of sp³-hybridized carbons (Fsp3) is 0.385. The number of benzene rings is 1. The van der Waals surface area contributed by atoms with E-state index in [4.69, 9.17) is 18.0 Å². The Hall–Kier alpha value is -1.46. The predicted molar refractivity (Wildman–Crippen MR) is 78.3 cm³/mol. The van der Waals surface area contributed by atoms with Gasteiger partial charge in [-0.15, -0.1) is 0 Å². The zero-order chi connectivity index (χ0) is 13.0. The minimum absolute atomic E-state index is 0.219. The molecule has 0 bridgehead atoms. The smallest absolute Gasteiger partial charge is 0.184 e. The van der Waals surface area contributed by atoms with Crippen LogP contribution in [-0.4, -0.2) is 28.3 Å². The molecule has 0 amide bonds. The topological polar surface area (TPSA) is 53.6 Å². The fourth-order valence-electron chi connectivity index (χ4n) is 2.17. The summed E-state index contributed by atoms with van der Waals surface area (Å²) in [5, 5.41) is 4.44. The van der Waals surface area contributed by atoms with Gasteiger partial charge in [0.05, 0.1) is 5.71 Å². The molecule has 0 aliphatic carbocycles. The number of nitrogens with zero attached hydrogens (tertiary/aromatic N) is 2. The van der Waals surface area contributed by atoms with Crippen molar-refractivity contribution in [1.82, 2.24) is 10.3 Å². The van der Waals surface area contributed by atoms with Gasteiger partial charge in [-0.2, -0.15) is 5.10 Å². The molecular formula is C13H18N4S. The van der Waals surface area contributed by atoms with Gasteiger partial charge in [0.25, 0.3) is 0 Å². The number of hydrogen-bond acceptors (Lipinski definition) is 3. The molecule has 1 fully saturated rings. The third-order valence-electron chi connectivity index (χ3n) is 3.09. The van der Waals surface area contributed by atoms with Crippen LogP contribution in [0.25, 0.3) is 0 Å². The molecule has 0 radical (unpaired) electrons. The Morgan fingerprint density at radius 3 is 2.89 bits per heavy atom. The molecule has 5 heteroatoms. The maximum atomic E-state index is 5.36. The molecule has 1 heterocycles. The Labute approximate surface area is 113 Å². The van der Waals surface area contributed by atoms with E-state index in [1.54, 1.807) is 0 Å². The summed E-state index contributed by atoms with van der Waals surface area (Å²) in [6.45, 7) is 4.03. The molecule has 1 atom stereocenters. The highest BCUT2D eigenvalue weighted by Gasteiger charge is 2.25. The second-order valence-electron chi connectivity index (χ2n) is 4.60. The maximum Gasteiger partial charge on any atom is 0.184 e. The summed E-state index contributed by atoms with van der Waals surface area (Å²) >= 11 is 4.74. The van der Waals surface area contributed by atoms with Crippen LogP contribution in [0, 0.1) is 0 Å². The van der Waals surface area contributed by atoms with Crippen molar-refractivity contribution in [3.8, 4) is 0 Å². The van der Waals surface area contributed by atoms with Gasteiger partial charge in [0.2, 0.25) is 0 Å². The normalized spacial score (nSPS) is 22.3. The van der Waals surface area contributed by atoms with Crippen molar-refractivity contribution in [3.63, 3.8) is 0 Å². The average molecular weight is 262 g/mol. The van der Waals surface area contributed by atoms with Crippen LogP contribution in [0.1, 0.15) is 18.9 Å². The lowest BCUT2D eigenvalue weighted by atomic mass is 10.2. The molecule has 1 aliphatic heterocycles. The van der Waals surface area contributed by atoms with Gasteiger partial charge < -0.3 is 5.73 Å². The molecule has 18 heavy (non-hydrogen) atoms. The van der Waals surface area contributed by atoms with Crippen LogP contribution < -0.4 is 11.2 Å². The summed E-state index contributed by atoms with van der Waals surface area (Å²) in [4.78, 5) is 2.40. The van der Waals surface area contributed by atoms with Gasteiger partial charge in [-0.25, -0.2) is 0 Å². The lowest BCUT2D eigenvalue weighted by Crippen LogP contribution is -2.28. The first-order valence-corrected chi connectivity index (χ1v) is 6.45. The highest BCUT2D eigenvalue weighted by atomic mass is 32.1. The Balaban J connectivity index is 1.95. The molecule has 1 unspecified atom stereocenters. The molecule has 1 aromatic carbocycles. The summed E-state index contributed by atoms with van der Waals surface area (Å²) < 4.78 is 0. The highest BCUT2D eigenvalue weighted by Crippen LogP contribution is 2.17. The fourth-order valence-corrected chi connectivity index (χ4v) is 2.22. The number of hydrogen-bond donors (Lipinski definition) is 2. The van der Waals surface area contributed by atoms with Crippen LogP contribution in [0.5, 0.6) is 0 Å². The van der Waals surface area contributed by atoms with E-state index in [2.05, 4.69) is 46.6 Å². The molecule has 2 rings (SSSR count). The minimum atomic E-state index is 0.219. The van der Waals surface area contributed by atoms with E-state index >= 15 is 0 Å². The standard InChI is InChI=1S/C13H18N4S/c1-10-7-12(15-16-13(14)18)9-17(10)8-11-5-3-2-4-6-11/h2-6,10H,7-9H2,1H3,(H3,14,16,18)/b15-12-. The number of thiocarbonyl (C=S) groups is 1. The van der Waals surface area contributed by atoms with Crippen molar-refractivity contribution in [3.05, 3.63) is 35.9 Å². The van der Waals surface area contributed by atoms with Crippen LogP contribution in [0.15, 0.2) is 35.4 Å². The number of likely N-dealkylation sites (tertiary alicyclic amines) is 1. The molecule has 0 saturated carbocycles. The predicted octanol–water partition coefficient (Wildman–Crippen LogP) is 1.47. The van der Waals surface area contributed by atoms with E-state index in [-0.39, 0.29) is 5.11 Å². The van der Waals surface area contributed by atoms with Gasteiger partial charge in [0.1, 0.15) is 0 Å². The van der Waals surface area contributed by atoms with E-state index in [0.717, 1.165) is 25.2 Å². The van der Waals surface area contributed by atoms with E-state index in [0.29, 0.717) is 6.04 Å². The lowest BCUT2D eigenvalue weighted by molar-refractivity contribution is 0.264. The van der Waals surface area contributed by atoms with Gasteiger partial charge in [-0.05, 0) is 24.7 Å². The third-order valence-corrected chi connectivity index (χ3v) is 3.18. The van der Waals surface area contributed by atoms with Crippen molar-refractivity contribution in [2.45, 2.75) is 25.9 Å². The molecule has 1 aromatic rings. The SMILES string of the molecule is CC1C/C(=N/NC(N)=S)CN1Cc1ccccc1. The Morgan fingerprint density at radius 2 is 2.22 bits per heavy atom. The monoisotopic (exact) mass is 262 g/mol. The average Bonchev–Trinajstić information content (AvgIpc) is 2.69. The minimum Gasteiger partial charge on any atom is -0.375 e. The van der Waals surface area contributed by atoms with E-state index in [1.807, 2.05) is 6.07 Å². The van der Waals surface area contributed by atoms with Crippen LogP contribution in [-0.2, 0) is 6.54 Å². The first kappa shape index (κ1) is 13.0. The maximum absolute atomic E-state index is 5.36. The van der Waals surface area contributed by atoms with Crippen LogP contribution in [0.2, 0.25) is 0 Å². The van der Waals surface area contributed by atoms with Crippen LogP contribution in [0.3, 0.4) is 0 Å². The summed E-state index contributed by atoms with van der Waals surface area (Å²) in [6, 6.07) is 11.0. The molecule has 1 aliphatic rings. The van der Waals surface area contributed by atoms with Crippen molar-refractivity contribution in [2.24, 2.45) is 10.8 Å². The van der Waals surface area contributed by atoms with Gasteiger partial charge in [0.15, 0.2) is 5.11 Å². The zero-order valence-electron chi connectivity index (χ0n) is 10.5. The molecule has 3 N–H and O–H groups in total. The van der Waals surface area contributed by atoms with Crippen molar-refractivity contribution in [1.29, 1.82) is 0 Å². The first-order chi connectivity index (χ1) is 8.65. The van der Waals surface area contributed by atoms with Crippen molar-refractivity contribution < 1.29 is 0 Å². The number of nitrogens with two attached hydrogens (primary N) is 1. The molecule has 0 spiro atoms. The van der Waals surface area contributed by atoms with Crippen molar-refractivity contribution in [2.75, 3.05) is 6.54 Å². The highest BCUT2D eigenvalue weighted by molar-refractivity contribution is 7.80. The second-order valence-corrected chi connectivity index (χ2v) is 5.04. The zero-order valence-corrected chi connectivity index (χ0v) is 11.3. The molecule has 0 aromatic heterocycles. The second kappa shape index (κ2) is 5.93. The largest absolute Gasteiger partial charge is 0.375 e. The van der Waals surface area contributed by atoms with Gasteiger partial charge in [0, 0.05) is 25.6 Å². The molecule has 4 nitrogen and oxygen atoms in total. The first-order valence-electron chi connectivity index (χ1n) is 6.04. The van der Waals surface area contributed by atoms with E-state index in [9.17, 15) is 0 Å². The van der Waals surface area contributed by atoms with Crippen LogP contribution >= 0.6 is 12.2 Å². The lowest BCUT2D eigenvalue weighted by Gasteiger charge is -2.19.